The van der Waals surface area contributed by atoms with Crippen LogP contribution in [0.15, 0.2) is 29.2 Å². The Balaban J connectivity index is 0.00000220. The van der Waals surface area contributed by atoms with E-state index in [4.69, 9.17) is 0 Å². The van der Waals surface area contributed by atoms with Crippen LogP contribution in [0.2, 0.25) is 0 Å². The molecule has 9 heteroatoms. The van der Waals surface area contributed by atoms with Crippen molar-refractivity contribution in [3.05, 3.63) is 29.8 Å². The van der Waals surface area contributed by atoms with Gasteiger partial charge in [-0.15, -0.1) is 12.4 Å². The zero-order valence-corrected chi connectivity index (χ0v) is 12.6. The lowest BCUT2D eigenvalue weighted by molar-refractivity contribution is -0.137. The van der Waals surface area contributed by atoms with Gasteiger partial charge in [0.25, 0.3) is 0 Å². The van der Waals surface area contributed by atoms with Crippen LogP contribution in [-0.2, 0) is 16.2 Å². The number of rotatable bonds is 3. The van der Waals surface area contributed by atoms with Crippen molar-refractivity contribution >= 4 is 22.4 Å². The van der Waals surface area contributed by atoms with E-state index in [1.807, 2.05) is 0 Å². The van der Waals surface area contributed by atoms with E-state index in [1.165, 1.54) is 0 Å². The summed E-state index contributed by atoms with van der Waals surface area (Å²) in [6, 6.07) is 3.26. The Morgan fingerprint density at radius 1 is 1.19 bits per heavy atom. The number of piperidine rings is 1. The van der Waals surface area contributed by atoms with Crippen molar-refractivity contribution in [2.75, 3.05) is 13.1 Å². The second-order valence-corrected chi connectivity index (χ2v) is 6.40. The maximum absolute atomic E-state index is 12.4. The fraction of sp³-hybridized carbons (Fsp3) is 0.500. The van der Waals surface area contributed by atoms with E-state index in [1.54, 1.807) is 0 Å². The van der Waals surface area contributed by atoms with E-state index in [0.29, 0.717) is 13.0 Å². The van der Waals surface area contributed by atoms with Crippen LogP contribution in [0.3, 0.4) is 0 Å². The molecule has 0 spiro atoms. The smallest absolute Gasteiger partial charge is 0.315 e. The van der Waals surface area contributed by atoms with Crippen LogP contribution in [0.25, 0.3) is 0 Å². The molecule has 1 atom stereocenters. The van der Waals surface area contributed by atoms with Crippen LogP contribution in [-0.4, -0.2) is 27.5 Å². The molecule has 1 heterocycles. The Morgan fingerprint density at radius 3 is 2.29 bits per heavy atom. The van der Waals surface area contributed by atoms with Crippen molar-refractivity contribution in [2.24, 2.45) is 0 Å². The average molecular weight is 345 g/mol. The molecule has 0 unspecified atom stereocenters. The van der Waals surface area contributed by atoms with Crippen molar-refractivity contribution in [3.63, 3.8) is 0 Å². The zero-order chi connectivity index (χ0) is 14.8. The van der Waals surface area contributed by atoms with E-state index in [9.17, 15) is 21.6 Å². The molecule has 2 N–H and O–H groups in total. The molecule has 1 saturated heterocycles. The molecule has 0 radical (unpaired) electrons. The predicted octanol–water partition coefficient (Wildman–Crippen LogP) is 2.16. The second-order valence-electron chi connectivity index (χ2n) is 4.69. The van der Waals surface area contributed by atoms with Gasteiger partial charge in [-0.3, -0.25) is 0 Å². The highest BCUT2D eigenvalue weighted by Gasteiger charge is 2.31. The van der Waals surface area contributed by atoms with Gasteiger partial charge < -0.3 is 5.32 Å². The van der Waals surface area contributed by atoms with Crippen molar-refractivity contribution in [1.29, 1.82) is 0 Å². The molecule has 21 heavy (non-hydrogen) atoms. The van der Waals surface area contributed by atoms with Gasteiger partial charge in [-0.05, 0) is 43.7 Å². The summed E-state index contributed by atoms with van der Waals surface area (Å²) in [5.41, 5.74) is -0.865. The number of nitrogens with one attached hydrogen (secondary N) is 2. The molecule has 1 aromatic rings. The average Bonchev–Trinajstić information content (AvgIpc) is 2.38. The number of halogens is 4. The van der Waals surface area contributed by atoms with Gasteiger partial charge in [0, 0.05) is 12.6 Å². The number of hydrogen-bond acceptors (Lipinski definition) is 3. The summed E-state index contributed by atoms with van der Waals surface area (Å²) in [6.45, 7) is 1.37. The number of hydrogen-bond donors (Lipinski definition) is 2. The van der Waals surface area contributed by atoms with Crippen molar-refractivity contribution in [2.45, 2.75) is 30.0 Å². The van der Waals surface area contributed by atoms with E-state index in [2.05, 4.69) is 10.0 Å². The third kappa shape index (κ3) is 4.84. The Kier molecular flexibility index (Phi) is 6.03. The molecule has 1 aliphatic rings. The first-order valence-electron chi connectivity index (χ1n) is 6.19. The fourth-order valence-electron chi connectivity index (χ4n) is 2.06. The third-order valence-corrected chi connectivity index (χ3v) is 4.65. The Bertz CT molecular complexity index is 555. The highest BCUT2D eigenvalue weighted by atomic mass is 35.5. The summed E-state index contributed by atoms with van der Waals surface area (Å²) in [7, 11) is -3.78. The van der Waals surface area contributed by atoms with E-state index < -0.39 is 21.8 Å². The van der Waals surface area contributed by atoms with E-state index >= 15 is 0 Å². The minimum atomic E-state index is -4.47. The molecule has 0 saturated carbocycles. The molecule has 1 aliphatic heterocycles. The van der Waals surface area contributed by atoms with Gasteiger partial charge in [0.05, 0.1) is 10.5 Å². The predicted molar refractivity (Wildman–Crippen MR) is 74.9 cm³/mol. The molecule has 1 aromatic carbocycles. The van der Waals surface area contributed by atoms with Gasteiger partial charge >= 0.3 is 6.18 Å². The van der Waals surface area contributed by atoms with Crippen molar-refractivity contribution in [3.8, 4) is 0 Å². The fourth-order valence-corrected chi connectivity index (χ4v) is 3.33. The van der Waals surface area contributed by atoms with Crippen LogP contribution in [0.5, 0.6) is 0 Å². The molecule has 0 aromatic heterocycles. The first-order chi connectivity index (χ1) is 9.29. The molecular formula is C12H16ClF3N2O2S. The summed E-state index contributed by atoms with van der Waals surface area (Å²) in [6.07, 6.45) is -2.89. The first kappa shape index (κ1) is 18.2. The molecule has 2 rings (SSSR count). The SMILES string of the molecule is Cl.O=S(=O)(N[C@@H]1CCCNC1)c1ccc(C(F)(F)F)cc1. The maximum atomic E-state index is 12.4. The molecule has 0 bridgehead atoms. The zero-order valence-electron chi connectivity index (χ0n) is 11.0. The topological polar surface area (TPSA) is 58.2 Å². The monoisotopic (exact) mass is 344 g/mol. The normalized spacial score (nSPS) is 19.9. The maximum Gasteiger partial charge on any atom is 0.416 e. The van der Waals surface area contributed by atoms with Gasteiger partial charge in [-0.25, -0.2) is 13.1 Å². The van der Waals surface area contributed by atoms with Crippen LogP contribution in [0, 0.1) is 0 Å². The summed E-state index contributed by atoms with van der Waals surface area (Å²) in [5, 5.41) is 3.06. The Morgan fingerprint density at radius 2 is 1.81 bits per heavy atom. The Hall–Kier alpha value is -0.830. The number of sulfonamides is 1. The lowest BCUT2D eigenvalue weighted by Gasteiger charge is -2.23. The number of alkyl halides is 3. The van der Waals surface area contributed by atoms with Crippen LogP contribution < -0.4 is 10.0 Å². The summed E-state index contributed by atoms with van der Waals surface area (Å²) in [5.74, 6) is 0. The van der Waals surface area contributed by atoms with Crippen LogP contribution >= 0.6 is 12.4 Å². The van der Waals surface area contributed by atoms with Crippen LogP contribution in [0.4, 0.5) is 13.2 Å². The molecule has 120 valence electrons. The minimum Gasteiger partial charge on any atom is -0.315 e. The molecule has 1 fully saturated rings. The minimum absolute atomic E-state index is 0. The number of benzene rings is 1. The van der Waals surface area contributed by atoms with Crippen LogP contribution in [0.1, 0.15) is 18.4 Å². The highest BCUT2D eigenvalue weighted by Crippen LogP contribution is 2.29. The summed E-state index contributed by atoms with van der Waals surface area (Å²) >= 11 is 0. The van der Waals surface area contributed by atoms with Gasteiger partial charge in [0.15, 0.2) is 0 Å². The van der Waals surface area contributed by atoms with Gasteiger partial charge in [0.1, 0.15) is 0 Å². The largest absolute Gasteiger partial charge is 0.416 e. The van der Waals surface area contributed by atoms with Gasteiger partial charge in [0.2, 0.25) is 10.0 Å². The third-order valence-electron chi connectivity index (χ3n) is 3.11. The Labute approximate surface area is 127 Å². The summed E-state index contributed by atoms with van der Waals surface area (Å²) in [4.78, 5) is -0.156. The van der Waals surface area contributed by atoms with Crippen molar-refractivity contribution in [1.82, 2.24) is 10.0 Å². The van der Waals surface area contributed by atoms with Gasteiger partial charge in [-0.2, -0.15) is 13.2 Å². The summed E-state index contributed by atoms with van der Waals surface area (Å²) < 4.78 is 63.8. The second kappa shape index (κ2) is 6.95. The first-order valence-corrected chi connectivity index (χ1v) is 7.68. The van der Waals surface area contributed by atoms with Gasteiger partial charge in [-0.1, -0.05) is 0 Å². The van der Waals surface area contributed by atoms with E-state index in [-0.39, 0.29) is 23.3 Å². The molecule has 4 nitrogen and oxygen atoms in total. The molecule has 0 amide bonds. The molecular weight excluding hydrogens is 329 g/mol. The van der Waals surface area contributed by atoms with Crippen molar-refractivity contribution < 1.29 is 21.6 Å². The lowest BCUT2D eigenvalue weighted by Crippen LogP contribution is -2.45. The standard InChI is InChI=1S/C12H15F3N2O2S.ClH/c13-12(14,15)9-3-5-11(6-4-9)20(18,19)17-10-2-1-7-16-8-10;/h3-6,10,16-17H,1-2,7-8H2;1H/t10-;/m1./s1. The highest BCUT2D eigenvalue weighted by molar-refractivity contribution is 7.89. The molecule has 0 aliphatic carbocycles. The lowest BCUT2D eigenvalue weighted by atomic mass is 10.1. The van der Waals surface area contributed by atoms with E-state index in [0.717, 1.165) is 37.2 Å². The quantitative estimate of drug-likeness (QED) is 0.883.